The monoisotopic (exact) mass is 233 g/mol. The minimum atomic E-state index is 0.914. The molecule has 0 unspecified atom stereocenters. The van der Waals surface area contributed by atoms with Gasteiger partial charge in [-0.3, -0.25) is 0 Å². The molecule has 17 heavy (non-hydrogen) atoms. The van der Waals surface area contributed by atoms with Gasteiger partial charge in [0.25, 0.3) is 0 Å². The molecule has 94 valence electrons. The first-order valence-electron chi connectivity index (χ1n) is 6.64. The van der Waals surface area contributed by atoms with Crippen LogP contribution in [0.5, 0.6) is 5.75 Å². The number of nitrogens with zero attached hydrogens (tertiary/aromatic N) is 1. The highest BCUT2D eigenvalue weighted by Gasteiger charge is 2.15. The third-order valence-electron chi connectivity index (χ3n) is 3.77. The number of piperidine rings is 1. The summed E-state index contributed by atoms with van der Waals surface area (Å²) in [5, 5.41) is 0. The lowest BCUT2D eigenvalue weighted by molar-refractivity contribution is 0.194. The predicted octanol–water partition coefficient (Wildman–Crippen LogP) is 2.97. The van der Waals surface area contributed by atoms with E-state index in [4.69, 9.17) is 4.74 Å². The van der Waals surface area contributed by atoms with E-state index in [0.717, 1.165) is 24.6 Å². The summed E-state index contributed by atoms with van der Waals surface area (Å²) in [7, 11) is 1.75. The van der Waals surface area contributed by atoms with Crippen molar-refractivity contribution >= 4 is 0 Å². The van der Waals surface area contributed by atoms with Crippen LogP contribution in [-0.2, 0) is 6.42 Å². The summed E-state index contributed by atoms with van der Waals surface area (Å²) in [5.74, 6) is 1.94. The van der Waals surface area contributed by atoms with Gasteiger partial charge in [-0.1, -0.05) is 25.1 Å². The Bertz CT molecular complexity index is 343. The second kappa shape index (κ2) is 6.06. The third kappa shape index (κ3) is 3.47. The van der Waals surface area contributed by atoms with Crippen LogP contribution in [0.4, 0.5) is 0 Å². The van der Waals surface area contributed by atoms with Crippen LogP contribution in [0.15, 0.2) is 24.3 Å². The molecule has 0 aromatic heterocycles. The van der Waals surface area contributed by atoms with E-state index in [1.54, 1.807) is 7.11 Å². The van der Waals surface area contributed by atoms with Gasteiger partial charge in [-0.25, -0.2) is 0 Å². The second-order valence-corrected chi connectivity index (χ2v) is 5.09. The molecule has 1 aromatic carbocycles. The van der Waals surface area contributed by atoms with Crippen molar-refractivity contribution in [1.29, 1.82) is 0 Å². The Balaban J connectivity index is 1.85. The molecule has 0 N–H and O–H groups in total. The third-order valence-corrected chi connectivity index (χ3v) is 3.77. The summed E-state index contributed by atoms with van der Waals surface area (Å²) >= 11 is 0. The van der Waals surface area contributed by atoms with Gasteiger partial charge in [0, 0.05) is 6.54 Å². The number of methoxy groups -OCH3 is 1. The molecule has 0 bridgehead atoms. The first kappa shape index (κ1) is 12.4. The summed E-state index contributed by atoms with van der Waals surface area (Å²) in [6.45, 7) is 6.04. The number of ether oxygens (including phenoxy) is 1. The van der Waals surface area contributed by atoms with E-state index in [-0.39, 0.29) is 0 Å². The SMILES string of the molecule is COc1ccccc1CCN1CCC(C)CC1. The summed E-state index contributed by atoms with van der Waals surface area (Å²) < 4.78 is 5.38. The number of benzene rings is 1. The first-order chi connectivity index (χ1) is 8.29. The zero-order valence-electron chi connectivity index (χ0n) is 11.0. The number of likely N-dealkylation sites (tertiary alicyclic amines) is 1. The molecule has 1 saturated heterocycles. The fourth-order valence-electron chi connectivity index (χ4n) is 2.47. The fourth-order valence-corrected chi connectivity index (χ4v) is 2.47. The van der Waals surface area contributed by atoms with Gasteiger partial charge in [0.1, 0.15) is 5.75 Å². The Morgan fingerprint density at radius 3 is 2.65 bits per heavy atom. The van der Waals surface area contributed by atoms with E-state index in [9.17, 15) is 0 Å². The van der Waals surface area contributed by atoms with E-state index in [2.05, 4.69) is 24.0 Å². The van der Waals surface area contributed by atoms with E-state index < -0.39 is 0 Å². The molecule has 2 heteroatoms. The molecule has 0 radical (unpaired) electrons. The van der Waals surface area contributed by atoms with Gasteiger partial charge in [-0.05, 0) is 49.9 Å². The Kier molecular flexibility index (Phi) is 4.43. The standard InChI is InChI=1S/C15H23NO/c1-13-7-10-16(11-8-13)12-9-14-5-3-4-6-15(14)17-2/h3-6,13H,7-12H2,1-2H3. The van der Waals surface area contributed by atoms with Gasteiger partial charge in [0.15, 0.2) is 0 Å². The van der Waals surface area contributed by atoms with Crippen molar-refractivity contribution in [2.24, 2.45) is 5.92 Å². The van der Waals surface area contributed by atoms with Crippen molar-refractivity contribution in [3.8, 4) is 5.75 Å². The highest BCUT2D eigenvalue weighted by molar-refractivity contribution is 5.33. The number of rotatable bonds is 4. The van der Waals surface area contributed by atoms with Crippen LogP contribution in [-0.4, -0.2) is 31.6 Å². The molecule has 1 aromatic rings. The highest BCUT2D eigenvalue weighted by Crippen LogP contribution is 2.20. The Labute approximate surface area is 105 Å². The maximum Gasteiger partial charge on any atom is 0.122 e. The fraction of sp³-hybridized carbons (Fsp3) is 0.600. The Hall–Kier alpha value is -1.02. The molecule has 0 amide bonds. The molecule has 0 aliphatic carbocycles. The zero-order chi connectivity index (χ0) is 12.1. The topological polar surface area (TPSA) is 12.5 Å². The number of para-hydroxylation sites is 1. The van der Waals surface area contributed by atoms with Crippen LogP contribution in [0.1, 0.15) is 25.3 Å². The van der Waals surface area contributed by atoms with Crippen molar-refractivity contribution in [1.82, 2.24) is 4.90 Å². The Morgan fingerprint density at radius 2 is 1.94 bits per heavy atom. The van der Waals surface area contributed by atoms with Gasteiger partial charge in [-0.2, -0.15) is 0 Å². The lowest BCUT2D eigenvalue weighted by Crippen LogP contribution is -2.34. The first-order valence-corrected chi connectivity index (χ1v) is 6.64. The highest BCUT2D eigenvalue weighted by atomic mass is 16.5. The van der Waals surface area contributed by atoms with Gasteiger partial charge >= 0.3 is 0 Å². The Morgan fingerprint density at radius 1 is 1.24 bits per heavy atom. The second-order valence-electron chi connectivity index (χ2n) is 5.09. The normalized spacial score (nSPS) is 18.2. The lowest BCUT2D eigenvalue weighted by Gasteiger charge is -2.30. The van der Waals surface area contributed by atoms with Crippen LogP contribution in [0.3, 0.4) is 0 Å². The summed E-state index contributed by atoms with van der Waals surface area (Å²) in [4.78, 5) is 2.58. The van der Waals surface area contributed by atoms with Gasteiger partial charge < -0.3 is 9.64 Å². The van der Waals surface area contributed by atoms with Gasteiger partial charge in [0.05, 0.1) is 7.11 Å². The largest absolute Gasteiger partial charge is 0.496 e. The van der Waals surface area contributed by atoms with Crippen molar-refractivity contribution in [3.05, 3.63) is 29.8 Å². The maximum atomic E-state index is 5.38. The van der Waals surface area contributed by atoms with Crippen LogP contribution in [0, 0.1) is 5.92 Å². The lowest BCUT2D eigenvalue weighted by atomic mass is 9.99. The smallest absolute Gasteiger partial charge is 0.122 e. The van der Waals surface area contributed by atoms with E-state index in [0.29, 0.717) is 0 Å². The van der Waals surface area contributed by atoms with Gasteiger partial charge in [-0.15, -0.1) is 0 Å². The molecule has 2 rings (SSSR count). The average molecular weight is 233 g/mol. The molecule has 0 atom stereocenters. The van der Waals surface area contributed by atoms with Crippen molar-refractivity contribution < 1.29 is 4.74 Å². The minimum Gasteiger partial charge on any atom is -0.496 e. The predicted molar refractivity (Wildman–Crippen MR) is 71.5 cm³/mol. The van der Waals surface area contributed by atoms with Gasteiger partial charge in [0.2, 0.25) is 0 Å². The van der Waals surface area contributed by atoms with E-state index in [1.165, 1.54) is 31.5 Å². The summed E-state index contributed by atoms with van der Waals surface area (Å²) in [6, 6.07) is 8.35. The molecule has 0 saturated carbocycles. The molecular formula is C15H23NO. The average Bonchev–Trinajstić information content (AvgIpc) is 2.38. The minimum absolute atomic E-state index is 0.914. The van der Waals surface area contributed by atoms with Crippen LogP contribution in [0.2, 0.25) is 0 Å². The maximum absolute atomic E-state index is 5.38. The number of hydrogen-bond donors (Lipinski definition) is 0. The van der Waals surface area contributed by atoms with Crippen LogP contribution in [0.25, 0.3) is 0 Å². The molecule has 1 aliphatic heterocycles. The van der Waals surface area contributed by atoms with Crippen LogP contribution >= 0.6 is 0 Å². The zero-order valence-corrected chi connectivity index (χ0v) is 11.0. The quantitative estimate of drug-likeness (QED) is 0.792. The molecule has 1 heterocycles. The van der Waals surface area contributed by atoms with E-state index in [1.807, 2.05) is 12.1 Å². The number of hydrogen-bond acceptors (Lipinski definition) is 2. The summed E-state index contributed by atoms with van der Waals surface area (Å²) in [5.41, 5.74) is 1.33. The molecule has 2 nitrogen and oxygen atoms in total. The van der Waals surface area contributed by atoms with Crippen LogP contribution < -0.4 is 4.74 Å². The van der Waals surface area contributed by atoms with Crippen molar-refractivity contribution in [2.75, 3.05) is 26.7 Å². The van der Waals surface area contributed by atoms with Crippen molar-refractivity contribution in [3.63, 3.8) is 0 Å². The van der Waals surface area contributed by atoms with Crippen molar-refractivity contribution in [2.45, 2.75) is 26.2 Å². The molecule has 1 aliphatic rings. The molecule has 1 fully saturated rings. The summed E-state index contributed by atoms with van der Waals surface area (Å²) in [6.07, 6.45) is 3.80. The molecular weight excluding hydrogens is 210 g/mol. The molecule has 0 spiro atoms. The van der Waals surface area contributed by atoms with E-state index >= 15 is 0 Å².